The summed E-state index contributed by atoms with van der Waals surface area (Å²) in [7, 11) is 1.64. The molecule has 1 aliphatic rings. The molecule has 2 aromatic carbocycles. The summed E-state index contributed by atoms with van der Waals surface area (Å²) in [6.07, 6.45) is 0.786. The van der Waals surface area contributed by atoms with Crippen molar-refractivity contribution in [3.05, 3.63) is 65.2 Å². The number of aromatic nitrogens is 1. The summed E-state index contributed by atoms with van der Waals surface area (Å²) in [6, 6.07) is 18.4. The van der Waals surface area contributed by atoms with Gasteiger partial charge in [0.25, 0.3) is 0 Å². The van der Waals surface area contributed by atoms with Gasteiger partial charge in [-0.1, -0.05) is 50.2 Å². The largest absolute Gasteiger partial charge is 0.497 e. The van der Waals surface area contributed by atoms with E-state index in [1.807, 2.05) is 30.3 Å². The summed E-state index contributed by atoms with van der Waals surface area (Å²) >= 11 is 0. The Balaban J connectivity index is 2.10. The number of fused-ring (bicyclic) bond motifs is 3. The van der Waals surface area contributed by atoms with Crippen LogP contribution in [0.4, 0.5) is 5.82 Å². The van der Waals surface area contributed by atoms with Crippen LogP contribution in [0.15, 0.2) is 48.5 Å². The van der Waals surface area contributed by atoms with Crippen LogP contribution in [0.5, 0.6) is 5.75 Å². The number of pyridine rings is 1. The maximum Gasteiger partial charge on any atom is 0.142 e. The highest BCUT2D eigenvalue weighted by Crippen LogP contribution is 2.47. The maximum atomic E-state index is 9.81. The van der Waals surface area contributed by atoms with Crippen LogP contribution < -0.4 is 10.5 Å². The topological polar surface area (TPSA) is 71.9 Å². The number of nitriles is 1. The fourth-order valence-corrected chi connectivity index (χ4v) is 4.06. The Morgan fingerprint density at radius 1 is 1.15 bits per heavy atom. The van der Waals surface area contributed by atoms with Gasteiger partial charge < -0.3 is 10.5 Å². The van der Waals surface area contributed by atoms with E-state index in [9.17, 15) is 5.26 Å². The molecule has 0 saturated carbocycles. The van der Waals surface area contributed by atoms with Crippen molar-refractivity contribution in [1.29, 1.82) is 5.26 Å². The van der Waals surface area contributed by atoms with Crippen molar-refractivity contribution in [2.75, 3.05) is 12.8 Å². The first-order chi connectivity index (χ1) is 13.0. The van der Waals surface area contributed by atoms with E-state index in [0.717, 1.165) is 40.1 Å². The molecule has 0 fully saturated rings. The molecule has 4 rings (SSSR count). The molecule has 4 nitrogen and oxygen atoms in total. The number of hydrogen-bond donors (Lipinski definition) is 1. The Hall–Kier alpha value is -3.32. The first-order valence-corrected chi connectivity index (χ1v) is 8.93. The van der Waals surface area contributed by atoms with Gasteiger partial charge in [-0.25, -0.2) is 4.98 Å². The van der Waals surface area contributed by atoms with E-state index in [-0.39, 0.29) is 11.2 Å². The van der Waals surface area contributed by atoms with E-state index in [0.29, 0.717) is 5.56 Å². The second-order valence-corrected chi connectivity index (χ2v) is 7.52. The van der Waals surface area contributed by atoms with Crippen LogP contribution in [0.3, 0.4) is 0 Å². The zero-order valence-corrected chi connectivity index (χ0v) is 15.7. The standard InChI is InChI=1S/C23H21N3O/c1-23(2)12-17-20(14-7-6-8-15(11-14)27-3)18(13-24)22(25)26-21(17)16-9-4-5-10-19(16)23/h4-11H,12H2,1-3H3,(H2,25,26). The van der Waals surface area contributed by atoms with Crippen molar-refractivity contribution in [2.24, 2.45) is 0 Å². The summed E-state index contributed by atoms with van der Waals surface area (Å²) < 4.78 is 5.39. The fourth-order valence-electron chi connectivity index (χ4n) is 4.06. The number of hydrogen-bond acceptors (Lipinski definition) is 4. The third-order valence-corrected chi connectivity index (χ3v) is 5.33. The lowest BCUT2D eigenvalue weighted by atomic mass is 9.69. The highest BCUT2D eigenvalue weighted by molar-refractivity contribution is 5.87. The summed E-state index contributed by atoms with van der Waals surface area (Å²) in [5.74, 6) is 1.01. The molecule has 134 valence electrons. The van der Waals surface area contributed by atoms with Crippen molar-refractivity contribution in [1.82, 2.24) is 4.98 Å². The lowest BCUT2D eigenvalue weighted by molar-refractivity contribution is 0.415. The summed E-state index contributed by atoms with van der Waals surface area (Å²) in [4.78, 5) is 4.64. The maximum absolute atomic E-state index is 9.81. The van der Waals surface area contributed by atoms with Crippen LogP contribution >= 0.6 is 0 Å². The van der Waals surface area contributed by atoms with Gasteiger partial charge >= 0.3 is 0 Å². The van der Waals surface area contributed by atoms with E-state index in [4.69, 9.17) is 10.5 Å². The molecule has 0 amide bonds. The average molecular weight is 355 g/mol. The monoisotopic (exact) mass is 355 g/mol. The number of anilines is 1. The van der Waals surface area contributed by atoms with Crippen LogP contribution in [0, 0.1) is 11.3 Å². The van der Waals surface area contributed by atoms with E-state index >= 15 is 0 Å². The Kier molecular flexibility index (Phi) is 3.89. The zero-order valence-electron chi connectivity index (χ0n) is 15.7. The number of nitrogens with two attached hydrogens (primary N) is 1. The Labute approximate surface area is 159 Å². The zero-order chi connectivity index (χ0) is 19.2. The van der Waals surface area contributed by atoms with E-state index in [1.165, 1.54) is 5.56 Å². The van der Waals surface area contributed by atoms with Gasteiger partial charge in [0, 0.05) is 11.1 Å². The third kappa shape index (κ3) is 2.63. The molecular weight excluding hydrogens is 334 g/mol. The Morgan fingerprint density at radius 2 is 1.93 bits per heavy atom. The lowest BCUT2D eigenvalue weighted by Crippen LogP contribution is -2.27. The molecule has 27 heavy (non-hydrogen) atoms. The number of rotatable bonds is 2. The number of nitrogen functional groups attached to an aromatic ring is 1. The Bertz CT molecular complexity index is 1090. The number of nitrogens with zero attached hydrogens (tertiary/aromatic N) is 2. The molecule has 0 saturated heterocycles. The smallest absolute Gasteiger partial charge is 0.142 e. The summed E-state index contributed by atoms with van der Waals surface area (Å²) in [5.41, 5.74) is 12.7. The minimum Gasteiger partial charge on any atom is -0.497 e. The van der Waals surface area contributed by atoms with Crippen LogP contribution in [0.25, 0.3) is 22.4 Å². The normalized spacial score (nSPS) is 14.0. The fraction of sp³-hybridized carbons (Fsp3) is 0.217. The van der Waals surface area contributed by atoms with Crippen molar-refractivity contribution in [3.8, 4) is 34.2 Å². The molecule has 1 heterocycles. The van der Waals surface area contributed by atoms with Gasteiger partial charge in [-0.2, -0.15) is 5.26 Å². The average Bonchev–Trinajstić information content (AvgIpc) is 2.68. The molecule has 3 aromatic rings. The molecule has 4 heteroatoms. The molecule has 1 aromatic heterocycles. The highest BCUT2D eigenvalue weighted by Gasteiger charge is 2.34. The summed E-state index contributed by atoms with van der Waals surface area (Å²) in [5, 5.41) is 9.81. The Morgan fingerprint density at radius 3 is 2.67 bits per heavy atom. The van der Waals surface area contributed by atoms with Gasteiger partial charge in [0.1, 0.15) is 23.2 Å². The van der Waals surface area contributed by atoms with Gasteiger partial charge in [0.15, 0.2) is 0 Å². The van der Waals surface area contributed by atoms with Crippen LogP contribution in [0.1, 0.15) is 30.5 Å². The molecule has 2 N–H and O–H groups in total. The van der Waals surface area contributed by atoms with E-state index in [1.54, 1.807) is 7.11 Å². The molecule has 0 spiro atoms. The van der Waals surface area contributed by atoms with Crippen LogP contribution in [-0.4, -0.2) is 12.1 Å². The van der Waals surface area contributed by atoms with Crippen molar-refractivity contribution >= 4 is 5.82 Å². The number of benzene rings is 2. The summed E-state index contributed by atoms with van der Waals surface area (Å²) in [6.45, 7) is 4.46. The van der Waals surface area contributed by atoms with Crippen LogP contribution in [-0.2, 0) is 11.8 Å². The SMILES string of the molecule is COc1cccc(-c2c(C#N)c(N)nc3c2CC(C)(C)c2ccccc2-3)c1. The van der Waals surface area contributed by atoms with Gasteiger partial charge in [-0.3, -0.25) is 0 Å². The minimum absolute atomic E-state index is 0.0677. The quantitative estimate of drug-likeness (QED) is 0.722. The molecule has 1 aliphatic carbocycles. The molecular formula is C23H21N3O. The van der Waals surface area contributed by atoms with Gasteiger partial charge in [0.05, 0.1) is 12.8 Å². The van der Waals surface area contributed by atoms with Crippen LogP contribution in [0.2, 0.25) is 0 Å². The lowest BCUT2D eigenvalue weighted by Gasteiger charge is -2.35. The molecule has 0 bridgehead atoms. The van der Waals surface area contributed by atoms with E-state index < -0.39 is 0 Å². The second kappa shape index (κ2) is 6.14. The van der Waals surface area contributed by atoms with Gasteiger partial charge in [-0.15, -0.1) is 0 Å². The molecule has 0 atom stereocenters. The minimum atomic E-state index is -0.0677. The first kappa shape index (κ1) is 17.1. The number of ether oxygens (including phenoxy) is 1. The molecule has 0 unspecified atom stereocenters. The van der Waals surface area contributed by atoms with Gasteiger partial charge in [0.2, 0.25) is 0 Å². The van der Waals surface area contributed by atoms with Crippen molar-refractivity contribution in [2.45, 2.75) is 25.7 Å². The number of methoxy groups -OCH3 is 1. The first-order valence-electron chi connectivity index (χ1n) is 8.93. The highest BCUT2D eigenvalue weighted by atomic mass is 16.5. The van der Waals surface area contributed by atoms with E-state index in [2.05, 4.69) is 43.1 Å². The van der Waals surface area contributed by atoms with Crippen molar-refractivity contribution in [3.63, 3.8) is 0 Å². The van der Waals surface area contributed by atoms with Crippen molar-refractivity contribution < 1.29 is 4.74 Å². The molecule has 0 aliphatic heterocycles. The molecule has 0 radical (unpaired) electrons. The second-order valence-electron chi connectivity index (χ2n) is 7.52. The van der Waals surface area contributed by atoms with Gasteiger partial charge in [-0.05, 0) is 40.7 Å². The third-order valence-electron chi connectivity index (χ3n) is 5.33. The predicted molar refractivity (Wildman–Crippen MR) is 108 cm³/mol. The predicted octanol–water partition coefficient (Wildman–Crippen LogP) is 4.71.